The van der Waals surface area contributed by atoms with E-state index < -0.39 is 0 Å². The molecule has 0 amide bonds. The number of carbonyl (C=O) groups is 1. The average molecular weight is 197 g/mol. The van der Waals surface area contributed by atoms with E-state index in [-0.39, 0.29) is 0 Å². The molecule has 13 heavy (non-hydrogen) atoms. The number of nitriles is 1. The van der Waals surface area contributed by atoms with Crippen LogP contribution in [-0.4, -0.2) is 6.29 Å². The van der Waals surface area contributed by atoms with Crippen LogP contribution in [0.25, 0.3) is 0 Å². The lowest BCUT2D eigenvalue weighted by Crippen LogP contribution is -1.80. The van der Waals surface area contributed by atoms with E-state index in [2.05, 4.69) is 18.7 Å². The number of rotatable bonds is 7. The van der Waals surface area contributed by atoms with Crippen molar-refractivity contribution in [1.29, 1.82) is 5.26 Å². The highest BCUT2D eigenvalue weighted by Crippen LogP contribution is 2.12. The van der Waals surface area contributed by atoms with Crippen molar-refractivity contribution >= 4 is 18.9 Å². The fraction of sp³-hybridized carbons (Fsp3) is 0.600. The molecule has 0 aromatic heterocycles. The van der Waals surface area contributed by atoms with Crippen molar-refractivity contribution in [2.24, 2.45) is 0 Å². The van der Waals surface area contributed by atoms with Gasteiger partial charge in [0.2, 0.25) is 0 Å². The topological polar surface area (TPSA) is 40.9 Å². The molecule has 0 aromatic carbocycles. The molecule has 0 saturated carbocycles. The molecule has 0 aliphatic heterocycles. The van der Waals surface area contributed by atoms with Crippen LogP contribution in [0.5, 0.6) is 0 Å². The molecule has 0 aromatic rings. The number of thiol groups is 1. The van der Waals surface area contributed by atoms with Crippen molar-refractivity contribution in [3.63, 3.8) is 0 Å². The second kappa shape index (κ2) is 9.34. The maximum atomic E-state index is 10.0. The minimum absolute atomic E-state index is 0.651. The summed E-state index contributed by atoms with van der Waals surface area (Å²) < 4.78 is 0. The summed E-state index contributed by atoms with van der Waals surface area (Å²) in [6, 6.07) is 2.11. The van der Waals surface area contributed by atoms with Crippen LogP contribution in [0.15, 0.2) is 11.0 Å². The third-order valence-corrected chi connectivity index (χ3v) is 2.10. The lowest BCUT2D eigenvalue weighted by Gasteiger charge is -1.98. The standard InChI is InChI=1S/C10H15NOS/c11-8-5-3-1-2-4-6-10(13)7-9-12/h7,9,13H,1-6H2. The van der Waals surface area contributed by atoms with Crippen molar-refractivity contribution in [3.8, 4) is 6.07 Å². The summed E-state index contributed by atoms with van der Waals surface area (Å²) in [5, 5.41) is 8.27. The predicted molar refractivity (Wildman–Crippen MR) is 56.4 cm³/mol. The summed E-state index contributed by atoms with van der Waals surface area (Å²) in [6.45, 7) is 0. The highest BCUT2D eigenvalue weighted by atomic mass is 32.1. The summed E-state index contributed by atoms with van der Waals surface area (Å²) >= 11 is 4.13. The van der Waals surface area contributed by atoms with Gasteiger partial charge < -0.3 is 0 Å². The maximum Gasteiger partial charge on any atom is 0.143 e. The van der Waals surface area contributed by atoms with Gasteiger partial charge in [0.1, 0.15) is 6.29 Å². The number of nitrogens with zero attached hydrogens (tertiary/aromatic N) is 1. The Morgan fingerprint density at radius 3 is 2.62 bits per heavy atom. The van der Waals surface area contributed by atoms with Gasteiger partial charge in [0.25, 0.3) is 0 Å². The second-order valence-corrected chi connectivity index (χ2v) is 3.44. The van der Waals surface area contributed by atoms with Gasteiger partial charge in [-0.15, -0.1) is 12.6 Å². The largest absolute Gasteiger partial charge is 0.299 e. The third-order valence-electron chi connectivity index (χ3n) is 1.73. The Labute approximate surface area is 85.0 Å². The van der Waals surface area contributed by atoms with Crippen LogP contribution >= 0.6 is 12.6 Å². The molecular weight excluding hydrogens is 182 g/mol. The smallest absolute Gasteiger partial charge is 0.143 e. The molecule has 0 rings (SSSR count). The molecule has 0 N–H and O–H groups in total. The Morgan fingerprint density at radius 2 is 2.00 bits per heavy atom. The summed E-state index contributed by atoms with van der Waals surface area (Å²) in [5.41, 5.74) is 0. The first-order chi connectivity index (χ1) is 6.31. The Hall–Kier alpha value is -0.750. The minimum Gasteiger partial charge on any atom is -0.299 e. The monoisotopic (exact) mass is 197 g/mol. The lowest BCUT2D eigenvalue weighted by molar-refractivity contribution is -0.104. The highest BCUT2D eigenvalue weighted by molar-refractivity contribution is 7.84. The van der Waals surface area contributed by atoms with Crippen molar-refractivity contribution in [2.45, 2.75) is 38.5 Å². The van der Waals surface area contributed by atoms with E-state index in [9.17, 15) is 4.79 Å². The number of aldehydes is 1. The molecule has 0 bridgehead atoms. The van der Waals surface area contributed by atoms with Gasteiger partial charge in [-0.25, -0.2) is 0 Å². The van der Waals surface area contributed by atoms with Gasteiger partial charge in [-0.3, -0.25) is 4.79 Å². The molecule has 0 atom stereocenters. The molecule has 0 heterocycles. The van der Waals surface area contributed by atoms with Crippen LogP contribution in [0.4, 0.5) is 0 Å². The fourth-order valence-corrected chi connectivity index (χ4v) is 1.24. The molecule has 0 aliphatic carbocycles. The zero-order valence-corrected chi connectivity index (χ0v) is 8.59. The van der Waals surface area contributed by atoms with Crippen LogP contribution < -0.4 is 0 Å². The van der Waals surface area contributed by atoms with Crippen LogP contribution in [0.1, 0.15) is 38.5 Å². The van der Waals surface area contributed by atoms with E-state index in [4.69, 9.17) is 5.26 Å². The molecule has 2 nitrogen and oxygen atoms in total. The van der Waals surface area contributed by atoms with Gasteiger partial charge in [-0.1, -0.05) is 12.8 Å². The summed E-state index contributed by atoms with van der Waals surface area (Å²) in [4.78, 5) is 10.9. The SMILES string of the molecule is N#CCCCCCCC(S)=CC=O. The van der Waals surface area contributed by atoms with Crippen molar-refractivity contribution in [3.05, 3.63) is 11.0 Å². The molecule has 3 heteroatoms. The van der Waals surface area contributed by atoms with Crippen molar-refractivity contribution in [2.75, 3.05) is 0 Å². The molecule has 0 aliphatic rings. The van der Waals surface area contributed by atoms with Crippen molar-refractivity contribution < 1.29 is 4.79 Å². The number of allylic oxidation sites excluding steroid dienone is 2. The summed E-state index contributed by atoms with van der Waals surface area (Å²) in [5.74, 6) is 0. The molecule has 0 radical (unpaired) electrons. The number of unbranched alkanes of at least 4 members (excludes halogenated alkanes) is 4. The number of hydrogen-bond acceptors (Lipinski definition) is 3. The van der Waals surface area contributed by atoms with Crippen molar-refractivity contribution in [1.82, 2.24) is 0 Å². The predicted octanol–water partition coefficient (Wildman–Crippen LogP) is 2.86. The molecular formula is C10H15NOS. The van der Waals surface area contributed by atoms with E-state index >= 15 is 0 Å². The van der Waals surface area contributed by atoms with Gasteiger partial charge in [-0.2, -0.15) is 5.26 Å². The van der Waals surface area contributed by atoms with Gasteiger partial charge in [-0.05, 0) is 30.2 Å². The lowest BCUT2D eigenvalue weighted by atomic mass is 10.1. The zero-order valence-electron chi connectivity index (χ0n) is 7.70. The van der Waals surface area contributed by atoms with Crippen LogP contribution in [0.3, 0.4) is 0 Å². The van der Waals surface area contributed by atoms with E-state index in [1.54, 1.807) is 0 Å². The zero-order chi connectivity index (χ0) is 9.94. The molecule has 72 valence electrons. The Bertz CT molecular complexity index is 205. The number of carbonyl (C=O) groups excluding carboxylic acids is 1. The summed E-state index contributed by atoms with van der Waals surface area (Å²) in [7, 11) is 0. The van der Waals surface area contributed by atoms with Crippen LogP contribution in [-0.2, 0) is 4.79 Å². The molecule has 0 spiro atoms. The molecule has 0 fully saturated rings. The van der Waals surface area contributed by atoms with E-state index in [0.29, 0.717) is 6.42 Å². The van der Waals surface area contributed by atoms with Gasteiger partial charge in [0.05, 0.1) is 6.07 Å². The Kier molecular flexibility index (Phi) is 8.80. The summed E-state index contributed by atoms with van der Waals surface area (Å²) in [6.07, 6.45) is 8.00. The van der Waals surface area contributed by atoms with E-state index in [1.165, 1.54) is 6.08 Å². The average Bonchev–Trinajstić information content (AvgIpc) is 2.11. The third kappa shape index (κ3) is 9.16. The first kappa shape index (κ1) is 12.2. The van der Waals surface area contributed by atoms with Crippen LogP contribution in [0, 0.1) is 11.3 Å². The first-order valence-electron chi connectivity index (χ1n) is 4.51. The number of hydrogen-bond donors (Lipinski definition) is 1. The Balaban J connectivity index is 3.21. The quantitative estimate of drug-likeness (QED) is 0.295. The first-order valence-corrected chi connectivity index (χ1v) is 4.96. The maximum absolute atomic E-state index is 10.0. The highest BCUT2D eigenvalue weighted by Gasteiger charge is 1.92. The van der Waals surface area contributed by atoms with Gasteiger partial charge in [0.15, 0.2) is 0 Å². The molecule has 0 saturated heterocycles. The van der Waals surface area contributed by atoms with E-state index in [1.807, 2.05) is 0 Å². The fourth-order valence-electron chi connectivity index (χ4n) is 1.03. The van der Waals surface area contributed by atoms with Gasteiger partial charge >= 0.3 is 0 Å². The second-order valence-electron chi connectivity index (χ2n) is 2.87. The van der Waals surface area contributed by atoms with Crippen LogP contribution in [0.2, 0.25) is 0 Å². The van der Waals surface area contributed by atoms with E-state index in [0.717, 1.165) is 43.3 Å². The minimum atomic E-state index is 0.651. The Morgan fingerprint density at radius 1 is 1.31 bits per heavy atom. The van der Waals surface area contributed by atoms with Gasteiger partial charge in [0, 0.05) is 6.42 Å². The normalized spacial score (nSPS) is 10.9. The molecule has 0 unspecified atom stereocenters.